The third-order valence-electron chi connectivity index (χ3n) is 4.10. The molecular weight excluding hydrogens is 282 g/mol. The van der Waals surface area contributed by atoms with Gasteiger partial charge in [-0.3, -0.25) is 4.79 Å². The Hall–Kier alpha value is -2.09. The molecule has 122 valence electrons. The number of nitrogens with one attached hydrogen (secondary N) is 1. The Morgan fingerprint density at radius 1 is 0.870 bits per heavy atom. The number of hydrogen-bond acceptors (Lipinski definition) is 1. The number of benzene rings is 2. The summed E-state index contributed by atoms with van der Waals surface area (Å²) in [5.74, 6) is 0.693. The van der Waals surface area contributed by atoms with Gasteiger partial charge in [-0.2, -0.15) is 0 Å². The molecule has 0 aromatic heterocycles. The van der Waals surface area contributed by atoms with Gasteiger partial charge >= 0.3 is 0 Å². The third kappa shape index (κ3) is 4.01. The van der Waals surface area contributed by atoms with Crippen molar-refractivity contribution in [1.29, 1.82) is 0 Å². The lowest BCUT2D eigenvalue weighted by molar-refractivity contribution is 0.102. The van der Waals surface area contributed by atoms with E-state index in [0.29, 0.717) is 11.8 Å². The minimum absolute atomic E-state index is 0.0354. The third-order valence-corrected chi connectivity index (χ3v) is 4.10. The van der Waals surface area contributed by atoms with Gasteiger partial charge < -0.3 is 5.32 Å². The maximum Gasteiger partial charge on any atom is 0.255 e. The highest BCUT2D eigenvalue weighted by Gasteiger charge is 2.17. The van der Waals surface area contributed by atoms with Gasteiger partial charge in [-0.25, -0.2) is 0 Å². The first-order valence-electron chi connectivity index (χ1n) is 8.32. The summed E-state index contributed by atoms with van der Waals surface area (Å²) in [5.41, 5.74) is 6.29. The van der Waals surface area contributed by atoms with Crippen molar-refractivity contribution in [3.05, 3.63) is 64.2 Å². The zero-order chi connectivity index (χ0) is 17.1. The Balaban J connectivity index is 2.44. The average molecular weight is 309 g/mol. The summed E-state index contributed by atoms with van der Waals surface area (Å²) in [6, 6.07) is 12.3. The number of hydrogen-bond donors (Lipinski definition) is 1. The Kier molecular flexibility index (Phi) is 5.25. The smallest absolute Gasteiger partial charge is 0.255 e. The van der Waals surface area contributed by atoms with E-state index in [1.807, 2.05) is 26.0 Å². The maximum absolute atomic E-state index is 12.8. The minimum atomic E-state index is -0.0354. The summed E-state index contributed by atoms with van der Waals surface area (Å²) in [5, 5.41) is 3.17. The fourth-order valence-corrected chi connectivity index (χ4v) is 2.99. The van der Waals surface area contributed by atoms with Crippen LogP contribution in [0.5, 0.6) is 0 Å². The molecule has 2 heteroatoms. The van der Waals surface area contributed by atoms with Crippen LogP contribution in [0.2, 0.25) is 0 Å². The highest BCUT2D eigenvalue weighted by atomic mass is 16.1. The Morgan fingerprint density at radius 2 is 1.35 bits per heavy atom. The summed E-state index contributed by atoms with van der Waals surface area (Å²) in [6.07, 6.45) is 0. The van der Waals surface area contributed by atoms with Crippen LogP contribution in [0.1, 0.15) is 72.1 Å². The molecule has 0 aliphatic heterocycles. The van der Waals surface area contributed by atoms with Crippen molar-refractivity contribution in [2.45, 2.75) is 53.4 Å². The van der Waals surface area contributed by atoms with Gasteiger partial charge in [0.25, 0.3) is 5.91 Å². The first-order chi connectivity index (χ1) is 10.8. The topological polar surface area (TPSA) is 29.1 Å². The molecule has 2 aromatic carbocycles. The fraction of sp³-hybridized carbons (Fsp3) is 0.381. The van der Waals surface area contributed by atoms with Crippen molar-refractivity contribution >= 4 is 11.6 Å². The molecule has 0 radical (unpaired) electrons. The monoisotopic (exact) mass is 309 g/mol. The SMILES string of the molecule is Cc1cc(C)cc(C(=O)Nc2c(C(C)C)cccc2C(C)C)c1. The molecule has 0 fully saturated rings. The lowest BCUT2D eigenvalue weighted by Gasteiger charge is -2.20. The van der Waals surface area contributed by atoms with Gasteiger partial charge in [0.05, 0.1) is 0 Å². The number of anilines is 1. The molecule has 0 heterocycles. The van der Waals surface area contributed by atoms with Gasteiger partial charge in [0.15, 0.2) is 0 Å². The summed E-state index contributed by atoms with van der Waals surface area (Å²) in [6.45, 7) is 12.7. The fourth-order valence-electron chi connectivity index (χ4n) is 2.99. The van der Waals surface area contributed by atoms with E-state index in [0.717, 1.165) is 22.4 Å². The van der Waals surface area contributed by atoms with Crippen molar-refractivity contribution < 1.29 is 4.79 Å². The van der Waals surface area contributed by atoms with Crippen molar-refractivity contribution in [1.82, 2.24) is 0 Å². The van der Waals surface area contributed by atoms with Crippen molar-refractivity contribution in [3.63, 3.8) is 0 Å². The minimum Gasteiger partial charge on any atom is -0.321 e. The van der Waals surface area contributed by atoms with Crippen LogP contribution in [0.15, 0.2) is 36.4 Å². The van der Waals surface area contributed by atoms with Crippen LogP contribution in [-0.2, 0) is 0 Å². The number of para-hydroxylation sites is 1. The molecule has 0 bridgehead atoms. The van der Waals surface area contributed by atoms with E-state index in [9.17, 15) is 4.79 Å². The number of aryl methyl sites for hydroxylation is 2. The molecule has 1 N–H and O–H groups in total. The quantitative estimate of drug-likeness (QED) is 0.759. The second-order valence-corrected chi connectivity index (χ2v) is 6.95. The summed E-state index contributed by atoms with van der Waals surface area (Å²) < 4.78 is 0. The van der Waals surface area contributed by atoms with Crippen molar-refractivity contribution in [3.8, 4) is 0 Å². The summed E-state index contributed by atoms with van der Waals surface area (Å²) >= 11 is 0. The number of carbonyl (C=O) groups excluding carboxylic acids is 1. The van der Waals surface area contributed by atoms with Gasteiger partial charge in [0.1, 0.15) is 0 Å². The molecule has 0 atom stereocenters. The van der Waals surface area contributed by atoms with Gasteiger partial charge in [-0.05, 0) is 48.9 Å². The van der Waals surface area contributed by atoms with Crippen LogP contribution in [0.4, 0.5) is 5.69 Å². The largest absolute Gasteiger partial charge is 0.321 e. The highest BCUT2D eigenvalue weighted by Crippen LogP contribution is 2.32. The molecule has 0 saturated carbocycles. The first-order valence-corrected chi connectivity index (χ1v) is 8.32. The predicted molar refractivity (Wildman–Crippen MR) is 98.5 cm³/mol. The van der Waals surface area contributed by atoms with Gasteiger partial charge in [-0.1, -0.05) is 63.1 Å². The standard InChI is InChI=1S/C21H27NO/c1-13(2)18-8-7-9-19(14(3)4)20(18)22-21(23)17-11-15(5)10-16(6)12-17/h7-14H,1-6H3,(H,22,23). The van der Waals surface area contributed by atoms with Crippen LogP contribution in [-0.4, -0.2) is 5.91 Å². The number of rotatable bonds is 4. The molecule has 0 saturated heterocycles. The van der Waals surface area contributed by atoms with E-state index in [1.54, 1.807) is 0 Å². The summed E-state index contributed by atoms with van der Waals surface area (Å²) in [7, 11) is 0. The lowest BCUT2D eigenvalue weighted by Crippen LogP contribution is -2.16. The second kappa shape index (κ2) is 6.99. The Labute approximate surface area is 139 Å². The molecule has 0 unspecified atom stereocenters. The van der Waals surface area contributed by atoms with Crippen LogP contribution in [0.3, 0.4) is 0 Å². The van der Waals surface area contributed by atoms with Crippen molar-refractivity contribution in [2.75, 3.05) is 5.32 Å². The van der Waals surface area contributed by atoms with E-state index in [2.05, 4.69) is 57.3 Å². The van der Waals surface area contributed by atoms with E-state index in [-0.39, 0.29) is 5.91 Å². The van der Waals surface area contributed by atoms with E-state index < -0.39 is 0 Å². The number of carbonyl (C=O) groups is 1. The highest BCUT2D eigenvalue weighted by molar-refractivity contribution is 6.05. The molecule has 0 aliphatic rings. The Bertz CT molecular complexity index is 667. The first kappa shape index (κ1) is 17.3. The van der Waals surface area contributed by atoms with Crippen LogP contribution >= 0.6 is 0 Å². The normalized spacial score (nSPS) is 11.1. The number of amides is 1. The van der Waals surface area contributed by atoms with Crippen LogP contribution in [0, 0.1) is 13.8 Å². The van der Waals surface area contributed by atoms with Crippen LogP contribution < -0.4 is 5.32 Å². The van der Waals surface area contributed by atoms with E-state index in [1.165, 1.54) is 11.1 Å². The maximum atomic E-state index is 12.8. The zero-order valence-corrected chi connectivity index (χ0v) is 15.0. The van der Waals surface area contributed by atoms with Gasteiger partial charge in [0.2, 0.25) is 0 Å². The summed E-state index contributed by atoms with van der Waals surface area (Å²) in [4.78, 5) is 12.8. The molecule has 1 amide bonds. The molecule has 2 nitrogen and oxygen atoms in total. The average Bonchev–Trinajstić information content (AvgIpc) is 2.45. The molecule has 2 rings (SSSR count). The van der Waals surface area contributed by atoms with Gasteiger partial charge in [0, 0.05) is 11.3 Å². The van der Waals surface area contributed by atoms with Crippen molar-refractivity contribution in [2.24, 2.45) is 0 Å². The van der Waals surface area contributed by atoms with Crippen LogP contribution in [0.25, 0.3) is 0 Å². The predicted octanol–water partition coefficient (Wildman–Crippen LogP) is 5.80. The second-order valence-electron chi connectivity index (χ2n) is 6.95. The molecule has 0 aliphatic carbocycles. The van der Waals surface area contributed by atoms with E-state index >= 15 is 0 Å². The zero-order valence-electron chi connectivity index (χ0n) is 15.0. The molecule has 0 spiro atoms. The van der Waals surface area contributed by atoms with E-state index in [4.69, 9.17) is 0 Å². The Morgan fingerprint density at radius 3 is 1.78 bits per heavy atom. The molecule has 2 aromatic rings. The van der Waals surface area contributed by atoms with Gasteiger partial charge in [-0.15, -0.1) is 0 Å². The molecule has 23 heavy (non-hydrogen) atoms. The lowest BCUT2D eigenvalue weighted by atomic mass is 9.92. The molecular formula is C21H27NO.